The number of amidine groups is 1. The van der Waals surface area contributed by atoms with Crippen LogP contribution in [-0.2, 0) is 0 Å². The highest BCUT2D eigenvalue weighted by molar-refractivity contribution is 7.99. The summed E-state index contributed by atoms with van der Waals surface area (Å²) in [4.78, 5) is 6.20. The fraction of sp³-hybridized carbons (Fsp3) is 0.200. The van der Waals surface area contributed by atoms with Crippen molar-refractivity contribution < 1.29 is 5.21 Å². The smallest absolute Gasteiger partial charge is 0.188 e. The van der Waals surface area contributed by atoms with Crippen LogP contribution in [0.1, 0.15) is 31.0 Å². The molecule has 4 nitrogen and oxygen atoms in total. The molecule has 0 bridgehead atoms. The summed E-state index contributed by atoms with van der Waals surface area (Å²) >= 11 is 1.62. The molecule has 0 aliphatic carbocycles. The zero-order chi connectivity index (χ0) is 14.5. The number of hydrogen-bond acceptors (Lipinski definition) is 4. The van der Waals surface area contributed by atoms with Gasteiger partial charge in [0.2, 0.25) is 0 Å². The van der Waals surface area contributed by atoms with E-state index < -0.39 is 0 Å². The van der Waals surface area contributed by atoms with Crippen LogP contribution < -0.4 is 5.73 Å². The Labute approximate surface area is 122 Å². The fourth-order valence-electron chi connectivity index (χ4n) is 1.72. The molecule has 0 atom stereocenters. The SMILES string of the molecule is CC(C)c1ccc(Sc2ccnc(C(N)=NO)c2)cc1. The van der Waals surface area contributed by atoms with E-state index in [-0.39, 0.29) is 5.84 Å². The Morgan fingerprint density at radius 1 is 1.20 bits per heavy atom. The summed E-state index contributed by atoms with van der Waals surface area (Å²) in [7, 11) is 0. The summed E-state index contributed by atoms with van der Waals surface area (Å²) in [6.07, 6.45) is 1.65. The molecular weight excluding hydrogens is 270 g/mol. The predicted octanol–water partition coefficient (Wildman–Crippen LogP) is 3.45. The van der Waals surface area contributed by atoms with Crippen LogP contribution in [0.2, 0.25) is 0 Å². The topological polar surface area (TPSA) is 71.5 Å². The second-order valence-electron chi connectivity index (χ2n) is 4.69. The number of rotatable bonds is 4. The van der Waals surface area contributed by atoms with E-state index >= 15 is 0 Å². The van der Waals surface area contributed by atoms with Crippen LogP contribution in [0.4, 0.5) is 0 Å². The summed E-state index contributed by atoms with van der Waals surface area (Å²) in [6, 6.07) is 12.2. The monoisotopic (exact) mass is 287 g/mol. The van der Waals surface area contributed by atoms with Gasteiger partial charge in [0.25, 0.3) is 0 Å². The van der Waals surface area contributed by atoms with Gasteiger partial charge in [-0.3, -0.25) is 4.98 Å². The predicted molar refractivity (Wildman–Crippen MR) is 81.4 cm³/mol. The van der Waals surface area contributed by atoms with Crippen molar-refractivity contribution in [3.8, 4) is 0 Å². The highest BCUT2D eigenvalue weighted by Gasteiger charge is 2.04. The molecule has 5 heteroatoms. The van der Waals surface area contributed by atoms with Gasteiger partial charge in [0.1, 0.15) is 5.69 Å². The number of oxime groups is 1. The average molecular weight is 287 g/mol. The Balaban J connectivity index is 2.17. The second-order valence-corrected chi connectivity index (χ2v) is 5.83. The first-order valence-corrected chi connectivity index (χ1v) is 7.13. The fourth-order valence-corrected chi connectivity index (χ4v) is 2.57. The highest BCUT2D eigenvalue weighted by atomic mass is 32.2. The molecule has 1 aromatic heterocycles. The van der Waals surface area contributed by atoms with Gasteiger partial charge in [-0.2, -0.15) is 0 Å². The van der Waals surface area contributed by atoms with Crippen molar-refractivity contribution in [2.75, 3.05) is 0 Å². The lowest BCUT2D eigenvalue weighted by Crippen LogP contribution is -2.14. The Kier molecular flexibility index (Phi) is 4.63. The molecule has 0 aliphatic rings. The molecule has 0 spiro atoms. The molecule has 0 radical (unpaired) electrons. The Morgan fingerprint density at radius 3 is 2.50 bits per heavy atom. The second kappa shape index (κ2) is 6.43. The molecule has 3 N–H and O–H groups in total. The van der Waals surface area contributed by atoms with Crippen molar-refractivity contribution in [2.45, 2.75) is 29.6 Å². The van der Waals surface area contributed by atoms with Gasteiger partial charge in [0, 0.05) is 16.0 Å². The number of nitrogens with two attached hydrogens (primary N) is 1. The maximum absolute atomic E-state index is 8.67. The number of benzene rings is 1. The zero-order valence-corrected chi connectivity index (χ0v) is 12.3. The number of aromatic nitrogens is 1. The molecule has 0 saturated carbocycles. The lowest BCUT2D eigenvalue weighted by molar-refractivity contribution is 0.318. The Morgan fingerprint density at radius 2 is 1.90 bits per heavy atom. The summed E-state index contributed by atoms with van der Waals surface area (Å²) in [5.74, 6) is 0.546. The first kappa shape index (κ1) is 14.4. The Hall–Kier alpha value is -2.01. The third-order valence-electron chi connectivity index (χ3n) is 2.88. The zero-order valence-electron chi connectivity index (χ0n) is 11.4. The molecule has 1 heterocycles. The highest BCUT2D eigenvalue weighted by Crippen LogP contribution is 2.28. The third kappa shape index (κ3) is 3.51. The lowest BCUT2D eigenvalue weighted by Gasteiger charge is -2.07. The van der Waals surface area contributed by atoms with E-state index in [1.807, 2.05) is 6.07 Å². The van der Waals surface area contributed by atoms with Crippen molar-refractivity contribution >= 4 is 17.6 Å². The van der Waals surface area contributed by atoms with Gasteiger partial charge in [-0.25, -0.2) is 0 Å². The van der Waals surface area contributed by atoms with Crippen molar-refractivity contribution in [1.29, 1.82) is 0 Å². The summed E-state index contributed by atoms with van der Waals surface area (Å²) in [6.45, 7) is 4.35. The maximum atomic E-state index is 8.67. The van der Waals surface area contributed by atoms with E-state index in [1.165, 1.54) is 5.56 Å². The normalized spacial score (nSPS) is 11.8. The van der Waals surface area contributed by atoms with E-state index in [0.717, 1.165) is 9.79 Å². The van der Waals surface area contributed by atoms with Gasteiger partial charge in [-0.15, -0.1) is 0 Å². The van der Waals surface area contributed by atoms with Crippen LogP contribution in [0.25, 0.3) is 0 Å². The molecule has 20 heavy (non-hydrogen) atoms. The molecule has 0 unspecified atom stereocenters. The van der Waals surface area contributed by atoms with Gasteiger partial charge in [0.05, 0.1) is 0 Å². The minimum Gasteiger partial charge on any atom is -0.409 e. The standard InChI is InChI=1S/C15H17N3OS/c1-10(2)11-3-5-12(6-4-11)20-13-7-8-17-14(9-13)15(16)18-19/h3-10,19H,1-2H3,(H2,16,18). The molecule has 2 aromatic rings. The molecule has 104 valence electrons. The quantitative estimate of drug-likeness (QED) is 0.391. The van der Waals surface area contributed by atoms with Crippen molar-refractivity contribution in [2.24, 2.45) is 10.9 Å². The molecule has 0 saturated heterocycles. The molecule has 1 aromatic carbocycles. The third-order valence-corrected chi connectivity index (χ3v) is 3.88. The molecule has 0 amide bonds. The first-order chi connectivity index (χ1) is 9.60. The van der Waals surface area contributed by atoms with Gasteiger partial charge >= 0.3 is 0 Å². The Bertz CT molecular complexity index is 609. The summed E-state index contributed by atoms with van der Waals surface area (Å²) < 4.78 is 0. The minimum absolute atomic E-state index is 0.0163. The molecular formula is C15H17N3OS. The van der Waals surface area contributed by atoms with Gasteiger partial charge < -0.3 is 10.9 Å². The largest absolute Gasteiger partial charge is 0.409 e. The van der Waals surface area contributed by atoms with Crippen LogP contribution in [-0.4, -0.2) is 16.0 Å². The maximum Gasteiger partial charge on any atom is 0.188 e. The number of nitrogens with zero attached hydrogens (tertiary/aromatic N) is 2. The minimum atomic E-state index is 0.0163. The number of pyridine rings is 1. The van der Waals surface area contributed by atoms with Gasteiger partial charge in [-0.1, -0.05) is 42.9 Å². The van der Waals surface area contributed by atoms with Gasteiger partial charge in [-0.05, 0) is 35.7 Å². The van der Waals surface area contributed by atoms with E-state index in [4.69, 9.17) is 10.9 Å². The average Bonchev–Trinajstić information content (AvgIpc) is 2.47. The molecule has 0 fully saturated rings. The van der Waals surface area contributed by atoms with E-state index in [9.17, 15) is 0 Å². The summed E-state index contributed by atoms with van der Waals surface area (Å²) in [5.41, 5.74) is 7.33. The van der Waals surface area contributed by atoms with Crippen LogP contribution in [0.5, 0.6) is 0 Å². The van der Waals surface area contributed by atoms with E-state index in [2.05, 4.69) is 48.3 Å². The van der Waals surface area contributed by atoms with Gasteiger partial charge in [0.15, 0.2) is 5.84 Å². The van der Waals surface area contributed by atoms with Crippen molar-refractivity contribution in [1.82, 2.24) is 4.98 Å². The van der Waals surface area contributed by atoms with Crippen molar-refractivity contribution in [3.05, 3.63) is 53.9 Å². The summed E-state index contributed by atoms with van der Waals surface area (Å²) in [5, 5.41) is 11.6. The first-order valence-electron chi connectivity index (χ1n) is 6.32. The van der Waals surface area contributed by atoms with Crippen LogP contribution in [0.3, 0.4) is 0 Å². The van der Waals surface area contributed by atoms with Crippen LogP contribution in [0, 0.1) is 0 Å². The molecule has 2 rings (SSSR count). The van der Waals surface area contributed by atoms with Crippen LogP contribution in [0.15, 0.2) is 57.5 Å². The van der Waals surface area contributed by atoms with Crippen LogP contribution >= 0.6 is 11.8 Å². The van der Waals surface area contributed by atoms with Crippen molar-refractivity contribution in [3.63, 3.8) is 0 Å². The molecule has 0 aliphatic heterocycles. The van der Waals surface area contributed by atoms with E-state index in [1.54, 1.807) is 24.0 Å². The van der Waals surface area contributed by atoms with E-state index in [0.29, 0.717) is 11.6 Å². The number of hydrogen-bond donors (Lipinski definition) is 2. The lowest BCUT2D eigenvalue weighted by atomic mass is 10.0.